The van der Waals surface area contributed by atoms with Crippen molar-refractivity contribution in [2.24, 2.45) is 7.05 Å². The van der Waals surface area contributed by atoms with Crippen LogP contribution in [0.2, 0.25) is 0 Å². The zero-order chi connectivity index (χ0) is 6.85. The second-order valence-electron chi connectivity index (χ2n) is 1.70. The van der Waals surface area contributed by atoms with E-state index in [1.165, 1.54) is 0 Å². The van der Waals surface area contributed by atoms with E-state index in [4.69, 9.17) is 0 Å². The minimum Gasteiger partial charge on any atom is -0.271 e. The Kier molecular flexibility index (Phi) is 2.29. The number of hydrogen-bond acceptors (Lipinski definition) is 1. The Morgan fingerprint density at radius 2 is 2.44 bits per heavy atom. The number of rotatable bonds is 1. The maximum absolute atomic E-state index is 4.03. The molecule has 0 radical (unpaired) electrons. The van der Waals surface area contributed by atoms with Crippen molar-refractivity contribution in [1.29, 1.82) is 0 Å². The van der Waals surface area contributed by atoms with Gasteiger partial charge in [0.05, 0.1) is 16.4 Å². The fraction of sp³-hybridized carbons (Fsp3) is 0.400. The van der Waals surface area contributed by atoms with Crippen LogP contribution in [0.1, 0.15) is 5.69 Å². The summed E-state index contributed by atoms with van der Waals surface area (Å²) < 4.78 is 2.89. The zero-order valence-electron chi connectivity index (χ0n) is 4.93. The Labute approximate surface area is 70.5 Å². The molecule has 0 unspecified atom stereocenters. The summed E-state index contributed by atoms with van der Waals surface area (Å²) in [7, 11) is 1.92. The molecule has 0 fully saturated rings. The molecule has 0 aliphatic heterocycles. The van der Waals surface area contributed by atoms with Gasteiger partial charge in [-0.05, 0) is 15.9 Å². The van der Waals surface area contributed by atoms with Gasteiger partial charge in [0.2, 0.25) is 0 Å². The molecule has 0 N–H and O–H groups in total. The average molecular weight is 254 g/mol. The minimum atomic E-state index is 0.837. The van der Waals surface area contributed by atoms with E-state index in [0.717, 1.165) is 15.5 Å². The summed E-state index contributed by atoms with van der Waals surface area (Å²) in [5.41, 5.74) is 1.16. The van der Waals surface area contributed by atoms with Gasteiger partial charge in [0.1, 0.15) is 0 Å². The molecule has 0 spiro atoms. The van der Waals surface area contributed by atoms with Gasteiger partial charge in [-0.3, -0.25) is 4.68 Å². The minimum absolute atomic E-state index is 0.837. The lowest BCUT2D eigenvalue weighted by Gasteiger charge is -1.94. The third kappa shape index (κ3) is 1.35. The Bertz CT molecular complexity index is 187. The summed E-state index contributed by atoms with van der Waals surface area (Å²) in [6.07, 6.45) is 1.79. The molecule has 0 atom stereocenters. The number of aryl methyl sites for hydroxylation is 1. The molecule has 1 heterocycles. The van der Waals surface area contributed by atoms with E-state index >= 15 is 0 Å². The van der Waals surface area contributed by atoms with E-state index in [1.54, 1.807) is 6.20 Å². The van der Waals surface area contributed by atoms with E-state index < -0.39 is 0 Å². The van der Waals surface area contributed by atoms with Crippen LogP contribution in [0.3, 0.4) is 0 Å². The molecule has 0 bridgehead atoms. The quantitative estimate of drug-likeness (QED) is 0.701. The SMILES string of the molecule is Cn1ncc(Br)c1CBr. The molecule has 1 aromatic heterocycles. The summed E-state index contributed by atoms with van der Waals surface area (Å²) in [5.74, 6) is 0. The molecule has 0 aliphatic carbocycles. The number of aromatic nitrogens is 2. The average Bonchev–Trinajstić information content (AvgIpc) is 2.12. The van der Waals surface area contributed by atoms with Gasteiger partial charge in [-0.2, -0.15) is 5.10 Å². The van der Waals surface area contributed by atoms with Crippen LogP contribution in [-0.4, -0.2) is 9.78 Å². The zero-order valence-corrected chi connectivity index (χ0v) is 8.11. The number of halogens is 2. The Morgan fingerprint density at radius 1 is 1.78 bits per heavy atom. The number of alkyl halides is 1. The normalized spacial score (nSPS) is 10.1. The Morgan fingerprint density at radius 3 is 2.67 bits per heavy atom. The van der Waals surface area contributed by atoms with E-state index in [2.05, 4.69) is 37.0 Å². The first kappa shape index (κ1) is 7.28. The number of nitrogens with zero attached hydrogens (tertiary/aromatic N) is 2. The van der Waals surface area contributed by atoms with Crippen LogP contribution in [0, 0.1) is 0 Å². The number of hydrogen-bond donors (Lipinski definition) is 0. The van der Waals surface area contributed by atoms with Crippen molar-refractivity contribution >= 4 is 31.9 Å². The fourth-order valence-electron chi connectivity index (χ4n) is 0.586. The highest BCUT2D eigenvalue weighted by molar-refractivity contribution is 9.10. The van der Waals surface area contributed by atoms with E-state index in [9.17, 15) is 0 Å². The molecule has 0 aliphatic rings. The highest BCUT2D eigenvalue weighted by atomic mass is 79.9. The Hall–Kier alpha value is 0.170. The van der Waals surface area contributed by atoms with Crippen molar-refractivity contribution in [3.8, 4) is 0 Å². The summed E-state index contributed by atoms with van der Waals surface area (Å²) in [6, 6.07) is 0. The molecular formula is C5H6Br2N2. The lowest BCUT2D eigenvalue weighted by molar-refractivity contribution is 0.736. The van der Waals surface area contributed by atoms with Gasteiger partial charge in [0, 0.05) is 12.4 Å². The molecule has 1 aromatic rings. The van der Waals surface area contributed by atoms with Gasteiger partial charge in [-0.15, -0.1) is 0 Å². The highest BCUT2D eigenvalue weighted by Crippen LogP contribution is 2.16. The largest absolute Gasteiger partial charge is 0.271 e. The van der Waals surface area contributed by atoms with E-state index in [-0.39, 0.29) is 0 Å². The van der Waals surface area contributed by atoms with Gasteiger partial charge in [0.15, 0.2) is 0 Å². The molecule has 50 valence electrons. The summed E-state index contributed by atoms with van der Waals surface area (Å²) in [5, 5.41) is 4.86. The third-order valence-electron chi connectivity index (χ3n) is 1.14. The predicted molar refractivity (Wildman–Crippen MR) is 43.5 cm³/mol. The van der Waals surface area contributed by atoms with Crippen LogP contribution in [0.25, 0.3) is 0 Å². The lowest BCUT2D eigenvalue weighted by Crippen LogP contribution is -1.94. The monoisotopic (exact) mass is 252 g/mol. The second kappa shape index (κ2) is 2.84. The van der Waals surface area contributed by atoms with Crippen molar-refractivity contribution in [3.63, 3.8) is 0 Å². The molecule has 4 heteroatoms. The summed E-state index contributed by atoms with van der Waals surface area (Å²) >= 11 is 6.71. The van der Waals surface area contributed by atoms with Gasteiger partial charge < -0.3 is 0 Å². The van der Waals surface area contributed by atoms with E-state index in [1.807, 2.05) is 11.7 Å². The van der Waals surface area contributed by atoms with Gasteiger partial charge in [-0.1, -0.05) is 15.9 Å². The van der Waals surface area contributed by atoms with Crippen LogP contribution in [0.15, 0.2) is 10.7 Å². The van der Waals surface area contributed by atoms with Crippen molar-refractivity contribution in [2.75, 3.05) is 0 Å². The smallest absolute Gasteiger partial charge is 0.0635 e. The molecule has 0 aromatic carbocycles. The summed E-state index contributed by atoms with van der Waals surface area (Å²) in [6.45, 7) is 0. The first-order valence-electron chi connectivity index (χ1n) is 2.48. The topological polar surface area (TPSA) is 17.8 Å². The molecule has 1 rings (SSSR count). The molecule has 2 nitrogen and oxygen atoms in total. The van der Waals surface area contributed by atoms with Crippen LogP contribution < -0.4 is 0 Å². The van der Waals surface area contributed by atoms with Crippen LogP contribution >= 0.6 is 31.9 Å². The highest BCUT2D eigenvalue weighted by Gasteiger charge is 2.01. The maximum Gasteiger partial charge on any atom is 0.0635 e. The first-order valence-corrected chi connectivity index (χ1v) is 4.39. The first-order chi connectivity index (χ1) is 4.25. The third-order valence-corrected chi connectivity index (χ3v) is 2.33. The van der Waals surface area contributed by atoms with Gasteiger partial charge >= 0.3 is 0 Å². The van der Waals surface area contributed by atoms with Gasteiger partial charge in [-0.25, -0.2) is 0 Å². The molecular weight excluding hydrogens is 248 g/mol. The molecule has 0 saturated heterocycles. The molecule has 0 amide bonds. The molecule has 0 saturated carbocycles. The Balaban J connectivity index is 3.07. The van der Waals surface area contributed by atoms with Crippen molar-refractivity contribution in [1.82, 2.24) is 9.78 Å². The fourth-order valence-corrected chi connectivity index (χ4v) is 2.12. The van der Waals surface area contributed by atoms with Crippen LogP contribution in [-0.2, 0) is 12.4 Å². The lowest BCUT2D eigenvalue weighted by atomic mass is 10.5. The van der Waals surface area contributed by atoms with Crippen LogP contribution in [0.5, 0.6) is 0 Å². The molecule has 9 heavy (non-hydrogen) atoms. The van der Waals surface area contributed by atoms with E-state index in [0.29, 0.717) is 0 Å². The standard InChI is InChI=1S/C5H6Br2N2/c1-9-5(2-6)4(7)3-8-9/h3H,2H2,1H3. The van der Waals surface area contributed by atoms with Gasteiger partial charge in [0.25, 0.3) is 0 Å². The van der Waals surface area contributed by atoms with Crippen molar-refractivity contribution < 1.29 is 0 Å². The second-order valence-corrected chi connectivity index (χ2v) is 3.11. The van der Waals surface area contributed by atoms with Crippen molar-refractivity contribution in [2.45, 2.75) is 5.33 Å². The predicted octanol–water partition coefficient (Wildman–Crippen LogP) is 2.08. The van der Waals surface area contributed by atoms with Crippen LogP contribution in [0.4, 0.5) is 0 Å². The maximum atomic E-state index is 4.03. The van der Waals surface area contributed by atoms with Crippen molar-refractivity contribution in [3.05, 3.63) is 16.4 Å². The summed E-state index contributed by atoms with van der Waals surface area (Å²) in [4.78, 5) is 0.